The van der Waals surface area contributed by atoms with Crippen LogP contribution in [-0.2, 0) is 12.8 Å². The highest BCUT2D eigenvalue weighted by atomic mass is 19.4. The third-order valence-corrected chi connectivity index (χ3v) is 2.93. The van der Waals surface area contributed by atoms with Gasteiger partial charge in [-0.25, -0.2) is 4.98 Å². The van der Waals surface area contributed by atoms with Gasteiger partial charge in [-0.3, -0.25) is 0 Å². The lowest BCUT2D eigenvalue weighted by atomic mass is 10.2. The molecule has 0 amide bonds. The van der Waals surface area contributed by atoms with E-state index in [4.69, 9.17) is 10.5 Å². The Labute approximate surface area is 120 Å². The van der Waals surface area contributed by atoms with Crippen LogP contribution in [0.3, 0.4) is 0 Å². The van der Waals surface area contributed by atoms with Crippen LogP contribution in [0.4, 0.5) is 19.0 Å². The van der Waals surface area contributed by atoms with Gasteiger partial charge < -0.3 is 15.0 Å². The summed E-state index contributed by atoms with van der Waals surface area (Å²) >= 11 is 0. The number of nitrogens with two attached hydrogens (primary N) is 1. The fraction of sp³-hybridized carbons (Fsp3) is 0.357. The Kier molecular flexibility index (Phi) is 4.11. The number of nitrogen functional groups attached to an aromatic ring is 1. The summed E-state index contributed by atoms with van der Waals surface area (Å²) in [6.45, 7) is 4.09. The van der Waals surface area contributed by atoms with Crippen molar-refractivity contribution in [1.82, 2.24) is 9.55 Å². The molecule has 0 spiro atoms. The molecule has 7 heteroatoms. The summed E-state index contributed by atoms with van der Waals surface area (Å²) in [5, 5.41) is 0. The Morgan fingerprint density at radius 3 is 2.38 bits per heavy atom. The molecule has 0 unspecified atom stereocenters. The second-order valence-corrected chi connectivity index (χ2v) is 4.89. The van der Waals surface area contributed by atoms with Gasteiger partial charge in [0.1, 0.15) is 24.0 Å². The number of benzene rings is 1. The third kappa shape index (κ3) is 3.68. The predicted molar refractivity (Wildman–Crippen MR) is 72.8 cm³/mol. The molecule has 0 saturated carbocycles. The first-order chi connectivity index (χ1) is 9.77. The van der Waals surface area contributed by atoms with E-state index >= 15 is 0 Å². The molecule has 0 saturated heterocycles. The molecule has 0 aliphatic rings. The van der Waals surface area contributed by atoms with Gasteiger partial charge in [0.15, 0.2) is 0 Å². The molecule has 0 bridgehead atoms. The summed E-state index contributed by atoms with van der Waals surface area (Å²) in [5.41, 5.74) is 4.94. The van der Waals surface area contributed by atoms with Crippen LogP contribution < -0.4 is 10.5 Å². The molecule has 0 aliphatic carbocycles. The smallest absolute Gasteiger partial charge is 0.416 e. The highest BCUT2D eigenvalue weighted by Gasteiger charge is 2.30. The van der Waals surface area contributed by atoms with Gasteiger partial charge in [0.25, 0.3) is 0 Å². The Morgan fingerprint density at radius 2 is 1.86 bits per heavy atom. The fourth-order valence-electron chi connectivity index (χ4n) is 1.89. The van der Waals surface area contributed by atoms with Crippen molar-refractivity contribution in [1.29, 1.82) is 0 Å². The fourth-order valence-corrected chi connectivity index (χ4v) is 1.89. The molecule has 0 fully saturated rings. The summed E-state index contributed by atoms with van der Waals surface area (Å²) in [6.07, 6.45) is -2.64. The number of rotatable bonds is 4. The number of nitrogens with zero attached hydrogens (tertiary/aromatic N) is 2. The first-order valence-electron chi connectivity index (χ1n) is 6.40. The summed E-state index contributed by atoms with van der Waals surface area (Å²) in [6, 6.07) is 4.71. The van der Waals surface area contributed by atoms with E-state index in [-0.39, 0.29) is 12.6 Å². The predicted octanol–water partition coefficient (Wildman–Crippen LogP) is 3.64. The van der Waals surface area contributed by atoms with Gasteiger partial charge in [0.05, 0.1) is 5.56 Å². The number of imidazole rings is 1. The Morgan fingerprint density at radius 1 is 1.24 bits per heavy atom. The minimum atomic E-state index is -4.35. The highest BCUT2D eigenvalue weighted by Crippen LogP contribution is 2.30. The molecule has 1 aromatic carbocycles. The lowest BCUT2D eigenvalue weighted by molar-refractivity contribution is -0.137. The first-order valence-corrected chi connectivity index (χ1v) is 6.40. The topological polar surface area (TPSA) is 53.1 Å². The van der Waals surface area contributed by atoms with E-state index in [2.05, 4.69) is 4.98 Å². The maximum Gasteiger partial charge on any atom is 0.416 e. The number of ether oxygens (including phenoxy) is 1. The Bertz CT molecular complexity index is 603. The SMILES string of the molecule is CC(C)n1cc(N)nc1COc1ccc(C(F)(F)F)cc1. The summed E-state index contributed by atoms with van der Waals surface area (Å²) in [5.74, 6) is 1.36. The van der Waals surface area contributed by atoms with E-state index in [1.807, 2.05) is 18.4 Å². The van der Waals surface area contributed by atoms with Crippen LogP contribution in [0.1, 0.15) is 31.3 Å². The average Bonchev–Trinajstić information content (AvgIpc) is 2.77. The monoisotopic (exact) mass is 299 g/mol. The van der Waals surface area contributed by atoms with Gasteiger partial charge >= 0.3 is 6.18 Å². The van der Waals surface area contributed by atoms with Crippen LogP contribution in [0.25, 0.3) is 0 Å². The number of alkyl halides is 3. The lowest BCUT2D eigenvalue weighted by Gasteiger charge is -2.12. The minimum Gasteiger partial charge on any atom is -0.486 e. The number of hydrogen-bond donors (Lipinski definition) is 1. The van der Waals surface area contributed by atoms with E-state index in [0.29, 0.717) is 17.4 Å². The molecular formula is C14H16F3N3O. The summed E-state index contributed by atoms with van der Waals surface area (Å²) in [4.78, 5) is 4.14. The van der Waals surface area contributed by atoms with Gasteiger partial charge in [-0.1, -0.05) is 0 Å². The standard InChI is InChI=1S/C14H16F3N3O/c1-9(2)20-7-12(18)19-13(20)8-21-11-5-3-10(4-6-11)14(15,16)17/h3-7,9H,8,18H2,1-2H3. The Hall–Kier alpha value is -2.18. The third-order valence-electron chi connectivity index (χ3n) is 2.93. The van der Waals surface area contributed by atoms with E-state index < -0.39 is 11.7 Å². The second kappa shape index (κ2) is 5.67. The molecule has 2 N–H and O–H groups in total. The normalized spacial score (nSPS) is 11.9. The van der Waals surface area contributed by atoms with E-state index in [1.54, 1.807) is 6.20 Å². The highest BCUT2D eigenvalue weighted by molar-refractivity contribution is 5.29. The van der Waals surface area contributed by atoms with Gasteiger partial charge in [-0.05, 0) is 38.1 Å². The number of hydrogen-bond acceptors (Lipinski definition) is 3. The van der Waals surface area contributed by atoms with Crippen molar-refractivity contribution in [3.8, 4) is 5.75 Å². The number of aromatic nitrogens is 2. The number of anilines is 1. The molecule has 21 heavy (non-hydrogen) atoms. The zero-order valence-corrected chi connectivity index (χ0v) is 11.7. The number of halogens is 3. The maximum atomic E-state index is 12.4. The van der Waals surface area contributed by atoms with Crippen molar-refractivity contribution in [2.24, 2.45) is 0 Å². The van der Waals surface area contributed by atoms with Crippen LogP contribution in [0.15, 0.2) is 30.5 Å². The van der Waals surface area contributed by atoms with Gasteiger partial charge in [-0.15, -0.1) is 0 Å². The molecule has 1 aromatic heterocycles. The first kappa shape index (κ1) is 15.2. The van der Waals surface area contributed by atoms with Crippen LogP contribution in [0.5, 0.6) is 5.75 Å². The van der Waals surface area contributed by atoms with Crippen molar-refractivity contribution < 1.29 is 17.9 Å². The molecule has 114 valence electrons. The Balaban J connectivity index is 2.07. The van der Waals surface area contributed by atoms with Crippen LogP contribution in [-0.4, -0.2) is 9.55 Å². The quantitative estimate of drug-likeness (QED) is 0.937. The largest absolute Gasteiger partial charge is 0.486 e. The van der Waals surface area contributed by atoms with Crippen molar-refractivity contribution in [2.45, 2.75) is 32.7 Å². The molecule has 0 radical (unpaired) electrons. The van der Waals surface area contributed by atoms with Crippen molar-refractivity contribution in [3.05, 3.63) is 41.9 Å². The molecule has 2 rings (SSSR count). The summed E-state index contributed by atoms with van der Waals surface area (Å²) in [7, 11) is 0. The van der Waals surface area contributed by atoms with E-state index in [1.165, 1.54) is 12.1 Å². The maximum absolute atomic E-state index is 12.4. The summed E-state index contributed by atoms with van der Waals surface area (Å²) < 4.78 is 44.7. The van der Waals surface area contributed by atoms with Gasteiger partial charge in [0.2, 0.25) is 0 Å². The molecular weight excluding hydrogens is 283 g/mol. The zero-order chi connectivity index (χ0) is 15.6. The average molecular weight is 299 g/mol. The van der Waals surface area contributed by atoms with Crippen LogP contribution in [0.2, 0.25) is 0 Å². The van der Waals surface area contributed by atoms with E-state index in [0.717, 1.165) is 12.1 Å². The van der Waals surface area contributed by atoms with E-state index in [9.17, 15) is 13.2 Å². The zero-order valence-electron chi connectivity index (χ0n) is 11.7. The molecule has 2 aromatic rings. The van der Waals surface area contributed by atoms with Crippen molar-refractivity contribution >= 4 is 5.82 Å². The minimum absolute atomic E-state index is 0.140. The van der Waals surface area contributed by atoms with Crippen molar-refractivity contribution in [3.63, 3.8) is 0 Å². The molecule has 1 heterocycles. The van der Waals surface area contributed by atoms with Crippen LogP contribution in [0, 0.1) is 0 Å². The second-order valence-electron chi connectivity index (χ2n) is 4.89. The van der Waals surface area contributed by atoms with Gasteiger partial charge in [-0.2, -0.15) is 13.2 Å². The molecule has 0 atom stereocenters. The molecule has 0 aliphatic heterocycles. The lowest BCUT2D eigenvalue weighted by Crippen LogP contribution is -2.09. The van der Waals surface area contributed by atoms with Gasteiger partial charge in [0, 0.05) is 12.2 Å². The van der Waals surface area contributed by atoms with Crippen molar-refractivity contribution in [2.75, 3.05) is 5.73 Å². The van der Waals surface area contributed by atoms with Crippen LogP contribution >= 0.6 is 0 Å². The molecule has 4 nitrogen and oxygen atoms in total.